The molecule has 3 nitrogen and oxygen atoms in total. The Morgan fingerprint density at radius 3 is 2.39 bits per heavy atom. The number of nitrogens with zero attached hydrogens (tertiary/aromatic N) is 1. The molecule has 1 N–H and O–H groups in total. The molecule has 7 heteroatoms. The van der Waals surface area contributed by atoms with Crippen LogP contribution in [0.5, 0.6) is 0 Å². The summed E-state index contributed by atoms with van der Waals surface area (Å²) in [6, 6.07) is 2.94. The van der Waals surface area contributed by atoms with E-state index < -0.39 is 5.91 Å². The topological polar surface area (TPSA) is 42.0 Å². The van der Waals surface area contributed by atoms with Gasteiger partial charge in [-0.15, -0.1) is 11.3 Å². The second kappa shape index (κ2) is 5.45. The standard InChI is InChI=1S/C11H7Cl3N2OS/c1-5-4-18-11(15-5)16-10(17)9-7(13)2-6(12)3-8(9)14/h2-4H,1H3,(H,15,16,17). The number of thiazole rings is 1. The Bertz CT molecular complexity index is 589. The maximum Gasteiger partial charge on any atom is 0.260 e. The first-order valence-electron chi connectivity index (χ1n) is 4.85. The SMILES string of the molecule is Cc1csc(NC(=O)c2c(Cl)cc(Cl)cc2Cl)n1. The number of amides is 1. The Morgan fingerprint density at radius 1 is 1.28 bits per heavy atom. The molecule has 1 aromatic heterocycles. The molecule has 1 aromatic carbocycles. The zero-order valence-corrected chi connectivity index (χ0v) is 12.2. The number of carbonyl (C=O) groups excluding carboxylic acids is 1. The van der Waals surface area contributed by atoms with Crippen LogP contribution in [-0.2, 0) is 0 Å². The number of carbonyl (C=O) groups is 1. The number of rotatable bonds is 2. The second-order valence-corrected chi connectivity index (χ2v) is 5.60. The zero-order chi connectivity index (χ0) is 13.3. The monoisotopic (exact) mass is 320 g/mol. The molecule has 0 radical (unpaired) electrons. The third kappa shape index (κ3) is 2.95. The molecular formula is C11H7Cl3N2OS. The highest BCUT2D eigenvalue weighted by molar-refractivity contribution is 7.14. The number of nitrogens with one attached hydrogen (secondary N) is 1. The van der Waals surface area contributed by atoms with E-state index in [1.807, 2.05) is 12.3 Å². The molecule has 0 unspecified atom stereocenters. The van der Waals surface area contributed by atoms with Crippen LogP contribution in [0, 0.1) is 6.92 Å². The number of anilines is 1. The summed E-state index contributed by atoms with van der Waals surface area (Å²) < 4.78 is 0. The van der Waals surface area contributed by atoms with E-state index in [-0.39, 0.29) is 15.6 Å². The number of aromatic nitrogens is 1. The van der Waals surface area contributed by atoms with Gasteiger partial charge in [-0.3, -0.25) is 10.1 Å². The van der Waals surface area contributed by atoms with Gasteiger partial charge in [-0.1, -0.05) is 34.8 Å². The molecule has 0 fully saturated rings. The van der Waals surface area contributed by atoms with Crippen LogP contribution in [0.2, 0.25) is 15.1 Å². The lowest BCUT2D eigenvalue weighted by Gasteiger charge is -2.06. The Kier molecular flexibility index (Phi) is 4.12. The summed E-state index contributed by atoms with van der Waals surface area (Å²) in [4.78, 5) is 16.1. The minimum Gasteiger partial charge on any atom is -0.298 e. The van der Waals surface area contributed by atoms with Crippen molar-refractivity contribution in [1.82, 2.24) is 4.98 Å². The minimum absolute atomic E-state index is 0.190. The smallest absolute Gasteiger partial charge is 0.260 e. The third-order valence-electron chi connectivity index (χ3n) is 2.07. The van der Waals surface area contributed by atoms with Gasteiger partial charge in [-0.2, -0.15) is 0 Å². The average Bonchev–Trinajstić information content (AvgIpc) is 2.62. The molecule has 2 rings (SSSR count). The van der Waals surface area contributed by atoms with Gasteiger partial charge in [0.05, 0.1) is 21.3 Å². The van der Waals surface area contributed by atoms with E-state index in [4.69, 9.17) is 34.8 Å². The van der Waals surface area contributed by atoms with E-state index in [9.17, 15) is 4.79 Å². The van der Waals surface area contributed by atoms with Crippen molar-refractivity contribution in [3.8, 4) is 0 Å². The molecular weight excluding hydrogens is 315 g/mol. The largest absolute Gasteiger partial charge is 0.298 e. The number of aryl methyl sites for hydroxylation is 1. The van der Waals surface area contributed by atoms with Crippen molar-refractivity contribution < 1.29 is 4.79 Å². The summed E-state index contributed by atoms with van der Waals surface area (Å²) in [5.74, 6) is -0.406. The van der Waals surface area contributed by atoms with E-state index in [1.165, 1.54) is 23.5 Å². The van der Waals surface area contributed by atoms with Crippen molar-refractivity contribution in [3.05, 3.63) is 43.8 Å². The van der Waals surface area contributed by atoms with Crippen LogP contribution in [0.3, 0.4) is 0 Å². The lowest BCUT2D eigenvalue weighted by Crippen LogP contribution is -2.13. The number of hydrogen-bond donors (Lipinski definition) is 1. The van der Waals surface area contributed by atoms with Crippen molar-refractivity contribution in [3.63, 3.8) is 0 Å². The summed E-state index contributed by atoms with van der Waals surface area (Å²) >= 11 is 19.0. The van der Waals surface area contributed by atoms with Crippen molar-refractivity contribution in [2.75, 3.05) is 5.32 Å². The lowest BCUT2D eigenvalue weighted by molar-refractivity contribution is 0.102. The minimum atomic E-state index is -0.406. The summed E-state index contributed by atoms with van der Waals surface area (Å²) in [6.07, 6.45) is 0. The number of halogens is 3. The van der Waals surface area contributed by atoms with Crippen LogP contribution < -0.4 is 5.32 Å². The second-order valence-electron chi connectivity index (χ2n) is 3.49. The predicted octanol–water partition coefficient (Wildman–Crippen LogP) is 4.66. The summed E-state index contributed by atoms with van der Waals surface area (Å²) in [6.45, 7) is 1.84. The van der Waals surface area contributed by atoms with Crippen molar-refractivity contribution in [2.24, 2.45) is 0 Å². The van der Waals surface area contributed by atoms with Gasteiger partial charge in [0.1, 0.15) is 0 Å². The maximum atomic E-state index is 12.0. The van der Waals surface area contributed by atoms with Crippen LogP contribution in [0.25, 0.3) is 0 Å². The first kappa shape index (κ1) is 13.6. The fourth-order valence-electron chi connectivity index (χ4n) is 1.33. The Morgan fingerprint density at radius 2 is 1.89 bits per heavy atom. The molecule has 0 saturated carbocycles. The summed E-state index contributed by atoms with van der Waals surface area (Å²) in [7, 11) is 0. The van der Waals surface area contributed by atoms with Gasteiger partial charge in [-0.05, 0) is 19.1 Å². The number of benzene rings is 1. The van der Waals surface area contributed by atoms with Gasteiger partial charge in [0, 0.05) is 10.4 Å². The maximum absolute atomic E-state index is 12.0. The van der Waals surface area contributed by atoms with Gasteiger partial charge >= 0.3 is 0 Å². The van der Waals surface area contributed by atoms with Gasteiger partial charge in [-0.25, -0.2) is 4.98 Å². The zero-order valence-electron chi connectivity index (χ0n) is 9.13. The van der Waals surface area contributed by atoms with Gasteiger partial charge < -0.3 is 0 Å². The van der Waals surface area contributed by atoms with Gasteiger partial charge in [0.2, 0.25) is 0 Å². The fraction of sp³-hybridized carbons (Fsp3) is 0.0909. The predicted molar refractivity (Wildman–Crippen MR) is 76.3 cm³/mol. The first-order valence-corrected chi connectivity index (χ1v) is 6.87. The van der Waals surface area contributed by atoms with Crippen molar-refractivity contribution >= 4 is 57.2 Å². The Hall–Kier alpha value is -0.810. The highest BCUT2D eigenvalue weighted by atomic mass is 35.5. The molecule has 1 amide bonds. The van der Waals surface area contributed by atoms with Crippen LogP contribution in [0.4, 0.5) is 5.13 Å². The molecule has 0 saturated heterocycles. The molecule has 0 aliphatic carbocycles. The van der Waals surface area contributed by atoms with Crippen LogP contribution in [0.1, 0.15) is 16.1 Å². The lowest BCUT2D eigenvalue weighted by atomic mass is 10.2. The highest BCUT2D eigenvalue weighted by Crippen LogP contribution is 2.29. The van der Waals surface area contributed by atoms with Crippen molar-refractivity contribution in [2.45, 2.75) is 6.92 Å². The molecule has 2 aromatic rings. The van der Waals surface area contributed by atoms with E-state index in [1.54, 1.807) is 0 Å². The molecule has 0 spiro atoms. The van der Waals surface area contributed by atoms with Crippen LogP contribution in [-0.4, -0.2) is 10.9 Å². The molecule has 94 valence electrons. The highest BCUT2D eigenvalue weighted by Gasteiger charge is 2.17. The van der Waals surface area contributed by atoms with E-state index in [2.05, 4.69) is 10.3 Å². The van der Waals surface area contributed by atoms with Crippen molar-refractivity contribution in [1.29, 1.82) is 0 Å². The molecule has 0 bridgehead atoms. The van der Waals surface area contributed by atoms with Gasteiger partial charge in [0.25, 0.3) is 5.91 Å². The Labute approximate surface area is 123 Å². The normalized spacial score (nSPS) is 10.4. The summed E-state index contributed by atoms with van der Waals surface area (Å²) in [5.41, 5.74) is 1.03. The van der Waals surface area contributed by atoms with E-state index in [0.717, 1.165) is 5.69 Å². The average molecular weight is 322 g/mol. The molecule has 1 heterocycles. The molecule has 0 aliphatic rings. The Balaban J connectivity index is 2.29. The van der Waals surface area contributed by atoms with Crippen LogP contribution >= 0.6 is 46.1 Å². The quantitative estimate of drug-likeness (QED) is 0.873. The first-order chi connectivity index (χ1) is 8.47. The molecule has 18 heavy (non-hydrogen) atoms. The molecule has 0 atom stereocenters. The number of hydrogen-bond acceptors (Lipinski definition) is 3. The van der Waals surface area contributed by atoms with Crippen LogP contribution in [0.15, 0.2) is 17.5 Å². The van der Waals surface area contributed by atoms with E-state index >= 15 is 0 Å². The third-order valence-corrected chi connectivity index (χ3v) is 3.76. The van der Waals surface area contributed by atoms with E-state index in [0.29, 0.717) is 10.2 Å². The molecule has 0 aliphatic heterocycles. The summed E-state index contributed by atoms with van der Waals surface area (Å²) in [5, 5.41) is 5.76. The fourth-order valence-corrected chi connectivity index (χ4v) is 3.00. The van der Waals surface area contributed by atoms with Gasteiger partial charge in [0.15, 0.2) is 5.13 Å².